The molecular weight excluding hydrogens is 416 g/mol. The van der Waals surface area contributed by atoms with Crippen molar-refractivity contribution in [2.24, 2.45) is 0 Å². The third-order valence-electron chi connectivity index (χ3n) is 5.34. The first kappa shape index (κ1) is 21.9. The maximum Gasteiger partial charge on any atom is 0.283 e. The smallest absolute Gasteiger partial charge is 0.283 e. The van der Waals surface area contributed by atoms with Crippen molar-refractivity contribution in [3.63, 3.8) is 0 Å². The first-order valence-corrected chi connectivity index (χ1v) is 11.7. The van der Waals surface area contributed by atoms with Crippen LogP contribution in [0.5, 0.6) is 0 Å². The molecule has 32 heavy (non-hydrogen) atoms. The van der Waals surface area contributed by atoms with Gasteiger partial charge in [-0.1, -0.05) is 73.1 Å². The van der Waals surface area contributed by atoms with Gasteiger partial charge in [0, 0.05) is 10.6 Å². The summed E-state index contributed by atoms with van der Waals surface area (Å²) in [6.07, 6.45) is 3.24. The van der Waals surface area contributed by atoms with Gasteiger partial charge in [0.15, 0.2) is 0 Å². The molecule has 0 bridgehead atoms. The highest BCUT2D eigenvalue weighted by molar-refractivity contribution is 8.04. The van der Waals surface area contributed by atoms with E-state index in [0.29, 0.717) is 16.3 Å². The maximum atomic E-state index is 13.4. The lowest BCUT2D eigenvalue weighted by molar-refractivity contribution is -0.120. The fraction of sp³-hybridized carbons (Fsp3) is 0.185. The SMILES string of the molecule is CCCCc1ccc(N2C(=O)C(Nc3ccc(C)cc3)=C(Sc3ccccc3)C2=O)cc1. The molecule has 1 aliphatic heterocycles. The van der Waals surface area contributed by atoms with E-state index in [0.717, 1.165) is 35.4 Å². The quantitative estimate of drug-likeness (QED) is 0.414. The van der Waals surface area contributed by atoms with E-state index in [-0.39, 0.29) is 11.8 Å². The van der Waals surface area contributed by atoms with Crippen LogP contribution in [0.1, 0.15) is 30.9 Å². The molecule has 0 atom stereocenters. The molecule has 0 aliphatic carbocycles. The van der Waals surface area contributed by atoms with Gasteiger partial charge in [-0.2, -0.15) is 0 Å². The highest BCUT2D eigenvalue weighted by atomic mass is 32.2. The summed E-state index contributed by atoms with van der Waals surface area (Å²) in [4.78, 5) is 29.4. The van der Waals surface area contributed by atoms with Gasteiger partial charge in [-0.15, -0.1) is 0 Å². The van der Waals surface area contributed by atoms with Crippen LogP contribution in [0.4, 0.5) is 11.4 Å². The number of unbranched alkanes of at least 4 members (excludes halogenated alkanes) is 1. The molecule has 0 radical (unpaired) electrons. The van der Waals surface area contributed by atoms with Crippen molar-refractivity contribution in [1.82, 2.24) is 0 Å². The Hall–Kier alpha value is -3.31. The number of nitrogens with zero attached hydrogens (tertiary/aromatic N) is 1. The minimum Gasteiger partial charge on any atom is -0.350 e. The Bertz CT molecular complexity index is 1140. The summed E-state index contributed by atoms with van der Waals surface area (Å²) in [5.41, 5.74) is 4.01. The highest BCUT2D eigenvalue weighted by Crippen LogP contribution is 2.37. The molecule has 4 nitrogen and oxygen atoms in total. The minimum absolute atomic E-state index is 0.306. The Morgan fingerprint density at radius 1 is 0.844 bits per heavy atom. The molecule has 3 aromatic carbocycles. The van der Waals surface area contributed by atoms with Gasteiger partial charge in [0.2, 0.25) is 0 Å². The lowest BCUT2D eigenvalue weighted by Crippen LogP contribution is -2.32. The topological polar surface area (TPSA) is 49.4 Å². The number of amides is 2. The van der Waals surface area contributed by atoms with Gasteiger partial charge in [-0.05, 0) is 61.7 Å². The van der Waals surface area contributed by atoms with Gasteiger partial charge >= 0.3 is 0 Å². The number of nitrogens with one attached hydrogen (secondary N) is 1. The number of carbonyl (C=O) groups is 2. The van der Waals surface area contributed by atoms with E-state index in [9.17, 15) is 9.59 Å². The number of imide groups is 1. The summed E-state index contributed by atoms with van der Waals surface area (Å²) in [5, 5.41) is 3.20. The molecule has 4 rings (SSSR count). The summed E-state index contributed by atoms with van der Waals surface area (Å²) >= 11 is 1.31. The normalized spacial score (nSPS) is 13.8. The number of benzene rings is 3. The van der Waals surface area contributed by atoms with E-state index in [1.807, 2.05) is 85.8 Å². The van der Waals surface area contributed by atoms with E-state index >= 15 is 0 Å². The van der Waals surface area contributed by atoms with E-state index in [2.05, 4.69) is 12.2 Å². The minimum atomic E-state index is -0.338. The van der Waals surface area contributed by atoms with E-state index in [1.54, 1.807) is 0 Å². The molecule has 0 aromatic heterocycles. The predicted octanol–water partition coefficient (Wildman–Crippen LogP) is 6.33. The van der Waals surface area contributed by atoms with Crippen LogP contribution in [0.15, 0.2) is 94.4 Å². The second kappa shape index (κ2) is 9.88. The number of rotatable bonds is 8. The standard InChI is InChI=1S/C27H26N2O2S/c1-3-4-8-20-13-17-22(18-14-20)29-26(30)24(28-21-15-11-19(2)12-16-21)25(27(29)31)32-23-9-6-5-7-10-23/h5-7,9-18,28H,3-4,8H2,1-2H3. The number of thioether (sulfide) groups is 1. The van der Waals surface area contributed by atoms with Crippen molar-refractivity contribution < 1.29 is 9.59 Å². The molecular formula is C27H26N2O2S. The van der Waals surface area contributed by atoms with Crippen LogP contribution >= 0.6 is 11.8 Å². The van der Waals surface area contributed by atoms with Crippen molar-refractivity contribution in [1.29, 1.82) is 0 Å². The molecule has 0 unspecified atom stereocenters. The first-order valence-electron chi connectivity index (χ1n) is 10.9. The second-order valence-electron chi connectivity index (χ2n) is 7.83. The number of hydrogen-bond acceptors (Lipinski definition) is 4. The van der Waals surface area contributed by atoms with E-state index in [4.69, 9.17) is 0 Å². The fourth-order valence-corrected chi connectivity index (χ4v) is 4.48. The molecule has 162 valence electrons. The maximum absolute atomic E-state index is 13.4. The Morgan fingerprint density at radius 2 is 1.53 bits per heavy atom. The summed E-state index contributed by atoms with van der Waals surface area (Å²) < 4.78 is 0. The zero-order chi connectivity index (χ0) is 22.5. The third kappa shape index (κ3) is 4.78. The summed E-state index contributed by atoms with van der Waals surface area (Å²) in [6.45, 7) is 4.17. The van der Waals surface area contributed by atoms with E-state index < -0.39 is 0 Å². The van der Waals surface area contributed by atoms with Crippen molar-refractivity contribution in [3.05, 3.63) is 101 Å². The Kier molecular flexibility index (Phi) is 6.76. The molecule has 1 heterocycles. The number of anilines is 2. The van der Waals surface area contributed by atoms with Crippen LogP contribution in [0.25, 0.3) is 0 Å². The van der Waals surface area contributed by atoms with Crippen LogP contribution in [-0.4, -0.2) is 11.8 Å². The van der Waals surface area contributed by atoms with Crippen LogP contribution < -0.4 is 10.2 Å². The Morgan fingerprint density at radius 3 is 2.19 bits per heavy atom. The van der Waals surface area contributed by atoms with Gasteiger partial charge in [-0.3, -0.25) is 9.59 Å². The zero-order valence-electron chi connectivity index (χ0n) is 18.3. The molecule has 0 spiro atoms. The van der Waals surface area contributed by atoms with Crippen molar-refractivity contribution in [3.8, 4) is 0 Å². The number of carbonyl (C=O) groups excluding carboxylic acids is 2. The van der Waals surface area contributed by atoms with Crippen molar-refractivity contribution in [2.75, 3.05) is 10.2 Å². The van der Waals surface area contributed by atoms with Gasteiger partial charge < -0.3 is 5.32 Å². The van der Waals surface area contributed by atoms with Crippen molar-refractivity contribution >= 4 is 35.0 Å². The molecule has 1 aliphatic rings. The predicted molar refractivity (Wildman–Crippen MR) is 132 cm³/mol. The fourth-order valence-electron chi connectivity index (χ4n) is 3.53. The van der Waals surface area contributed by atoms with Crippen LogP contribution in [0.2, 0.25) is 0 Å². The lowest BCUT2D eigenvalue weighted by Gasteiger charge is -2.16. The lowest BCUT2D eigenvalue weighted by atomic mass is 10.1. The first-order chi connectivity index (χ1) is 15.6. The summed E-state index contributed by atoms with van der Waals surface area (Å²) in [6, 6.07) is 25.1. The molecule has 5 heteroatoms. The van der Waals surface area contributed by atoms with Crippen LogP contribution in [0, 0.1) is 6.92 Å². The largest absolute Gasteiger partial charge is 0.350 e. The molecule has 3 aromatic rings. The average Bonchev–Trinajstić information content (AvgIpc) is 3.04. The number of aryl methyl sites for hydroxylation is 2. The van der Waals surface area contributed by atoms with Gasteiger partial charge in [-0.25, -0.2) is 4.90 Å². The van der Waals surface area contributed by atoms with Crippen LogP contribution in [-0.2, 0) is 16.0 Å². The molecule has 0 fully saturated rings. The van der Waals surface area contributed by atoms with Gasteiger partial charge in [0.1, 0.15) is 10.6 Å². The molecule has 1 N–H and O–H groups in total. The average molecular weight is 443 g/mol. The van der Waals surface area contributed by atoms with E-state index in [1.165, 1.54) is 22.2 Å². The number of hydrogen-bond donors (Lipinski definition) is 1. The van der Waals surface area contributed by atoms with Gasteiger partial charge in [0.05, 0.1) is 5.69 Å². The molecule has 0 saturated heterocycles. The Labute approximate surface area is 193 Å². The Balaban J connectivity index is 1.66. The van der Waals surface area contributed by atoms with Gasteiger partial charge in [0.25, 0.3) is 11.8 Å². The summed E-state index contributed by atoms with van der Waals surface area (Å²) in [5.74, 6) is -0.643. The monoisotopic (exact) mass is 442 g/mol. The molecule has 2 amide bonds. The van der Waals surface area contributed by atoms with Crippen LogP contribution in [0.3, 0.4) is 0 Å². The second-order valence-corrected chi connectivity index (χ2v) is 8.91. The van der Waals surface area contributed by atoms with Crippen molar-refractivity contribution in [2.45, 2.75) is 38.0 Å². The highest BCUT2D eigenvalue weighted by Gasteiger charge is 2.40. The third-order valence-corrected chi connectivity index (χ3v) is 6.43. The summed E-state index contributed by atoms with van der Waals surface area (Å²) in [7, 11) is 0. The molecule has 0 saturated carbocycles. The zero-order valence-corrected chi connectivity index (χ0v) is 19.1.